The van der Waals surface area contributed by atoms with Crippen LogP contribution in [-0.4, -0.2) is 35.8 Å². The van der Waals surface area contributed by atoms with Gasteiger partial charge in [0.25, 0.3) is 0 Å². The first-order valence-corrected chi connectivity index (χ1v) is 7.96. The highest BCUT2D eigenvalue weighted by molar-refractivity contribution is 7.99. The minimum atomic E-state index is -0.0155. The molecule has 2 nitrogen and oxygen atoms in total. The molecule has 3 unspecified atom stereocenters. The van der Waals surface area contributed by atoms with Crippen LogP contribution in [0.1, 0.15) is 53.4 Å². The largest absolute Gasteiger partial charge is 0.379 e. The molecule has 1 N–H and O–H groups in total. The number of ether oxygens (including phenoxy) is 1. The van der Waals surface area contributed by atoms with E-state index in [-0.39, 0.29) is 5.60 Å². The highest BCUT2D eigenvalue weighted by Gasteiger charge is 2.29. The second kappa shape index (κ2) is 7.01. The molecule has 0 saturated heterocycles. The fraction of sp³-hybridized carbons (Fsp3) is 1.00. The third-order valence-corrected chi connectivity index (χ3v) is 5.01. The lowest BCUT2D eigenvalue weighted by Gasteiger charge is -2.30. The molecule has 0 amide bonds. The third-order valence-electron chi connectivity index (χ3n) is 3.68. The summed E-state index contributed by atoms with van der Waals surface area (Å²) in [6, 6.07) is 1.25. The Kier molecular flexibility index (Phi) is 6.32. The van der Waals surface area contributed by atoms with Crippen molar-refractivity contribution in [3.05, 3.63) is 0 Å². The second-order valence-corrected chi connectivity index (χ2v) is 7.28. The van der Waals surface area contributed by atoms with Crippen LogP contribution >= 0.6 is 11.8 Å². The van der Waals surface area contributed by atoms with E-state index in [4.69, 9.17) is 4.74 Å². The molecule has 17 heavy (non-hydrogen) atoms. The fourth-order valence-corrected chi connectivity index (χ4v) is 3.98. The summed E-state index contributed by atoms with van der Waals surface area (Å²) in [6.45, 7) is 8.88. The lowest BCUT2D eigenvalue weighted by atomic mass is 9.99. The number of hydrogen-bond donors (Lipinski definition) is 1. The summed E-state index contributed by atoms with van der Waals surface area (Å²) in [7, 11) is 1.80. The van der Waals surface area contributed by atoms with Gasteiger partial charge in [0.15, 0.2) is 0 Å². The Morgan fingerprint density at radius 1 is 1.41 bits per heavy atom. The van der Waals surface area contributed by atoms with Crippen LogP contribution in [0, 0.1) is 0 Å². The van der Waals surface area contributed by atoms with E-state index in [0.717, 1.165) is 11.7 Å². The van der Waals surface area contributed by atoms with Crippen LogP contribution < -0.4 is 5.32 Å². The Morgan fingerprint density at radius 2 is 2.12 bits per heavy atom. The van der Waals surface area contributed by atoms with Crippen molar-refractivity contribution < 1.29 is 4.74 Å². The predicted octanol–water partition coefficient (Wildman–Crippen LogP) is 3.45. The average molecular weight is 259 g/mol. The molecule has 1 saturated carbocycles. The van der Waals surface area contributed by atoms with Gasteiger partial charge in [-0.1, -0.05) is 13.3 Å². The molecule has 0 aliphatic heterocycles. The van der Waals surface area contributed by atoms with Gasteiger partial charge in [0.1, 0.15) is 0 Å². The molecule has 3 atom stereocenters. The summed E-state index contributed by atoms with van der Waals surface area (Å²) >= 11 is 2.12. The maximum atomic E-state index is 5.50. The van der Waals surface area contributed by atoms with E-state index < -0.39 is 0 Å². The Labute approximate surface area is 111 Å². The van der Waals surface area contributed by atoms with Crippen molar-refractivity contribution in [1.82, 2.24) is 5.32 Å². The minimum Gasteiger partial charge on any atom is -0.379 e. The van der Waals surface area contributed by atoms with E-state index in [1.807, 2.05) is 0 Å². The van der Waals surface area contributed by atoms with Crippen LogP contribution in [0.15, 0.2) is 0 Å². The number of thioether (sulfide) groups is 1. The summed E-state index contributed by atoms with van der Waals surface area (Å²) in [6.07, 6.45) is 5.19. The molecular weight excluding hydrogens is 230 g/mol. The van der Waals surface area contributed by atoms with Gasteiger partial charge < -0.3 is 10.1 Å². The molecule has 0 bridgehead atoms. The Hall–Kier alpha value is 0.270. The average Bonchev–Trinajstić information content (AvgIpc) is 2.65. The summed E-state index contributed by atoms with van der Waals surface area (Å²) in [5.74, 6) is 1.24. The van der Waals surface area contributed by atoms with Crippen LogP contribution in [0.25, 0.3) is 0 Å². The SMILES string of the molecule is CCSC1CCCC1NC(C)CC(C)(C)OC. The lowest BCUT2D eigenvalue weighted by molar-refractivity contribution is 0.00779. The molecule has 1 aliphatic carbocycles. The first kappa shape index (κ1) is 15.3. The zero-order valence-corrected chi connectivity index (χ0v) is 12.9. The normalized spacial score (nSPS) is 27.4. The molecule has 3 heteroatoms. The van der Waals surface area contributed by atoms with E-state index in [2.05, 4.69) is 44.8 Å². The van der Waals surface area contributed by atoms with E-state index in [9.17, 15) is 0 Å². The molecule has 0 aromatic rings. The van der Waals surface area contributed by atoms with Crippen molar-refractivity contribution in [2.75, 3.05) is 12.9 Å². The van der Waals surface area contributed by atoms with E-state index >= 15 is 0 Å². The standard InChI is InChI=1S/C14H29NOS/c1-6-17-13-9-7-8-12(13)15-11(2)10-14(3,4)16-5/h11-13,15H,6-10H2,1-5H3. The maximum absolute atomic E-state index is 5.50. The number of nitrogens with one attached hydrogen (secondary N) is 1. The first-order valence-electron chi connectivity index (χ1n) is 6.91. The van der Waals surface area contributed by atoms with Crippen molar-refractivity contribution in [1.29, 1.82) is 0 Å². The van der Waals surface area contributed by atoms with Crippen molar-refractivity contribution in [2.45, 2.75) is 76.3 Å². The van der Waals surface area contributed by atoms with Crippen LogP contribution in [-0.2, 0) is 4.74 Å². The van der Waals surface area contributed by atoms with Crippen molar-refractivity contribution in [3.8, 4) is 0 Å². The monoisotopic (exact) mass is 259 g/mol. The second-order valence-electron chi connectivity index (χ2n) is 5.77. The van der Waals surface area contributed by atoms with Gasteiger partial charge >= 0.3 is 0 Å². The van der Waals surface area contributed by atoms with E-state index in [1.165, 1.54) is 25.0 Å². The van der Waals surface area contributed by atoms with Gasteiger partial charge in [-0.3, -0.25) is 0 Å². The molecule has 1 rings (SSSR count). The summed E-state index contributed by atoms with van der Waals surface area (Å²) in [4.78, 5) is 0. The molecule has 0 aromatic heterocycles. The topological polar surface area (TPSA) is 21.3 Å². The maximum Gasteiger partial charge on any atom is 0.0637 e. The van der Waals surface area contributed by atoms with Gasteiger partial charge in [0.2, 0.25) is 0 Å². The molecule has 0 heterocycles. The van der Waals surface area contributed by atoms with Gasteiger partial charge in [0.05, 0.1) is 5.60 Å². The molecule has 0 aromatic carbocycles. The van der Waals surface area contributed by atoms with Gasteiger partial charge in [-0.2, -0.15) is 11.8 Å². The molecule has 0 spiro atoms. The number of methoxy groups -OCH3 is 1. The van der Waals surface area contributed by atoms with Crippen molar-refractivity contribution in [3.63, 3.8) is 0 Å². The highest BCUT2D eigenvalue weighted by atomic mass is 32.2. The molecular formula is C14H29NOS. The third kappa shape index (κ3) is 5.19. The van der Waals surface area contributed by atoms with Crippen LogP contribution in [0.2, 0.25) is 0 Å². The molecule has 102 valence electrons. The van der Waals surface area contributed by atoms with E-state index in [0.29, 0.717) is 12.1 Å². The van der Waals surface area contributed by atoms with Crippen LogP contribution in [0.4, 0.5) is 0 Å². The quantitative estimate of drug-likeness (QED) is 0.756. The van der Waals surface area contributed by atoms with Gasteiger partial charge in [-0.15, -0.1) is 0 Å². The smallest absolute Gasteiger partial charge is 0.0637 e. The van der Waals surface area contributed by atoms with Crippen LogP contribution in [0.3, 0.4) is 0 Å². The fourth-order valence-electron chi connectivity index (χ4n) is 2.78. The van der Waals surface area contributed by atoms with Gasteiger partial charge in [0, 0.05) is 24.4 Å². The number of rotatable bonds is 7. The van der Waals surface area contributed by atoms with Gasteiger partial charge in [-0.25, -0.2) is 0 Å². The number of hydrogen-bond acceptors (Lipinski definition) is 3. The zero-order valence-electron chi connectivity index (χ0n) is 12.1. The van der Waals surface area contributed by atoms with Crippen molar-refractivity contribution >= 4 is 11.8 Å². The zero-order chi connectivity index (χ0) is 12.9. The first-order chi connectivity index (χ1) is 7.98. The molecule has 1 fully saturated rings. The summed E-state index contributed by atoms with van der Waals surface area (Å²) < 4.78 is 5.50. The minimum absolute atomic E-state index is 0.0155. The lowest BCUT2D eigenvalue weighted by Crippen LogP contribution is -2.43. The van der Waals surface area contributed by atoms with Gasteiger partial charge in [-0.05, 0) is 45.8 Å². The van der Waals surface area contributed by atoms with E-state index in [1.54, 1.807) is 7.11 Å². The van der Waals surface area contributed by atoms with Crippen molar-refractivity contribution in [2.24, 2.45) is 0 Å². The Balaban J connectivity index is 2.37. The molecule has 0 radical (unpaired) electrons. The Morgan fingerprint density at radius 3 is 2.71 bits per heavy atom. The van der Waals surface area contributed by atoms with Crippen LogP contribution in [0.5, 0.6) is 0 Å². The summed E-state index contributed by atoms with van der Waals surface area (Å²) in [5, 5.41) is 4.63. The molecule has 1 aliphatic rings. The highest BCUT2D eigenvalue weighted by Crippen LogP contribution is 2.30. The Bertz CT molecular complexity index is 220. The summed E-state index contributed by atoms with van der Waals surface area (Å²) in [5.41, 5.74) is -0.0155. The predicted molar refractivity (Wildman–Crippen MR) is 77.9 cm³/mol.